The first-order valence-corrected chi connectivity index (χ1v) is 9.36. The number of methoxy groups -OCH3 is 1. The van der Waals surface area contributed by atoms with Crippen LogP contribution < -0.4 is 9.47 Å². The number of fused-ring (bicyclic) bond motifs is 1. The van der Waals surface area contributed by atoms with E-state index in [0.29, 0.717) is 18.8 Å². The molecular weight excluding hydrogens is 361 g/mol. The maximum Gasteiger partial charge on any atom is 0.231 e. The second kappa shape index (κ2) is 9.06. The van der Waals surface area contributed by atoms with Gasteiger partial charge in [0.15, 0.2) is 11.5 Å². The maximum atomic E-state index is 14.6. The molecule has 0 saturated carbocycles. The molecule has 1 fully saturated rings. The highest BCUT2D eigenvalue weighted by molar-refractivity contribution is 5.77. The molecule has 0 N–H and O–H groups in total. The molecule has 6 heteroatoms. The van der Waals surface area contributed by atoms with E-state index in [9.17, 15) is 9.18 Å². The number of likely N-dealkylation sites (tertiary alicyclic amines) is 1. The van der Waals surface area contributed by atoms with E-state index in [0.717, 1.165) is 23.5 Å². The summed E-state index contributed by atoms with van der Waals surface area (Å²) in [5.41, 5.74) is 1.12. The van der Waals surface area contributed by atoms with Crippen molar-refractivity contribution in [3.63, 3.8) is 0 Å². The van der Waals surface area contributed by atoms with Crippen LogP contribution in [-0.2, 0) is 9.53 Å². The quantitative estimate of drug-likeness (QED) is 0.496. The Bertz CT molecular complexity index is 802. The number of ketones is 1. The van der Waals surface area contributed by atoms with E-state index in [-0.39, 0.29) is 36.8 Å². The van der Waals surface area contributed by atoms with Crippen LogP contribution in [0.25, 0.3) is 0 Å². The molecule has 3 rings (SSSR count). The Hall–Kier alpha value is -2.60. The Morgan fingerprint density at radius 3 is 2.89 bits per heavy atom. The first-order valence-electron chi connectivity index (χ1n) is 9.36. The third-order valence-corrected chi connectivity index (χ3v) is 5.07. The van der Waals surface area contributed by atoms with Crippen LogP contribution in [0.3, 0.4) is 0 Å². The van der Waals surface area contributed by atoms with E-state index >= 15 is 0 Å². The summed E-state index contributed by atoms with van der Waals surface area (Å²) in [5.74, 6) is 1.90. The van der Waals surface area contributed by atoms with Crippen molar-refractivity contribution >= 4 is 5.78 Å². The third-order valence-electron chi connectivity index (χ3n) is 5.07. The molecule has 5 nitrogen and oxygen atoms in total. The molecule has 2 aliphatic heterocycles. The van der Waals surface area contributed by atoms with Crippen LogP contribution in [0.15, 0.2) is 54.6 Å². The van der Waals surface area contributed by atoms with Gasteiger partial charge in [-0.15, -0.1) is 0 Å². The molecule has 0 amide bonds. The molecule has 0 radical (unpaired) electrons. The van der Waals surface area contributed by atoms with Crippen molar-refractivity contribution in [3.05, 3.63) is 60.2 Å². The van der Waals surface area contributed by atoms with Gasteiger partial charge in [-0.3, -0.25) is 9.69 Å². The number of nitrogens with zero attached hydrogens (tertiary/aromatic N) is 1. The van der Waals surface area contributed by atoms with Crippen molar-refractivity contribution in [1.82, 2.24) is 4.90 Å². The SMILES string of the molecule is C=C/C=C(\C=C(\F)C[C@H]1C[C@@H](c2ccc3c(c2)OCO3)CN1CC(C)=O)OC. The van der Waals surface area contributed by atoms with E-state index in [1.165, 1.54) is 13.2 Å². The standard InChI is InChI=1S/C22H26FNO4/c1-4-5-20(26-3)11-18(23)10-19-8-17(13-24(19)12-15(2)25)16-6-7-21-22(9-16)28-14-27-21/h4-7,9,11,17,19H,1,8,10,12-14H2,2-3H3/b18-11+,20-5+/t17-,19-/m1/s1. The van der Waals surface area contributed by atoms with Crippen molar-refractivity contribution in [1.29, 1.82) is 0 Å². The topological polar surface area (TPSA) is 48.0 Å². The number of carbonyl (C=O) groups is 1. The average Bonchev–Trinajstić information content (AvgIpc) is 3.27. The van der Waals surface area contributed by atoms with E-state index in [1.54, 1.807) is 19.1 Å². The summed E-state index contributed by atoms with van der Waals surface area (Å²) in [7, 11) is 1.49. The van der Waals surface area contributed by atoms with Gasteiger partial charge in [0.1, 0.15) is 17.4 Å². The number of rotatable bonds is 8. The fourth-order valence-electron chi connectivity index (χ4n) is 3.81. The molecule has 0 bridgehead atoms. The molecule has 0 spiro atoms. The molecule has 2 atom stereocenters. The normalized spacial score (nSPS) is 22.4. The number of allylic oxidation sites excluding steroid dienone is 3. The summed E-state index contributed by atoms with van der Waals surface area (Å²) in [6.45, 7) is 6.42. The van der Waals surface area contributed by atoms with Gasteiger partial charge in [0.2, 0.25) is 6.79 Å². The minimum Gasteiger partial charge on any atom is -0.497 e. The Balaban J connectivity index is 1.75. The van der Waals surface area contributed by atoms with Gasteiger partial charge in [0, 0.05) is 25.1 Å². The molecule has 150 valence electrons. The predicted octanol–water partition coefficient (Wildman–Crippen LogP) is 4.12. The lowest BCUT2D eigenvalue weighted by atomic mass is 9.95. The fraction of sp³-hybridized carbons (Fsp3) is 0.409. The summed E-state index contributed by atoms with van der Waals surface area (Å²) in [6, 6.07) is 5.86. The second-order valence-electron chi connectivity index (χ2n) is 7.13. The minimum absolute atomic E-state index is 0.0580. The molecule has 1 aromatic rings. The van der Waals surface area contributed by atoms with E-state index in [2.05, 4.69) is 11.5 Å². The smallest absolute Gasteiger partial charge is 0.231 e. The third kappa shape index (κ3) is 4.81. The highest BCUT2D eigenvalue weighted by Crippen LogP contribution is 2.39. The Morgan fingerprint density at radius 2 is 2.18 bits per heavy atom. The Labute approximate surface area is 165 Å². The van der Waals surface area contributed by atoms with Gasteiger partial charge in [-0.25, -0.2) is 4.39 Å². The number of hydrogen-bond acceptors (Lipinski definition) is 5. The van der Waals surface area contributed by atoms with Crippen LogP contribution in [0.1, 0.15) is 31.2 Å². The van der Waals surface area contributed by atoms with Gasteiger partial charge in [-0.1, -0.05) is 18.7 Å². The van der Waals surface area contributed by atoms with E-state index in [1.807, 2.05) is 18.2 Å². The zero-order valence-corrected chi connectivity index (χ0v) is 16.3. The molecule has 0 aromatic heterocycles. The lowest BCUT2D eigenvalue weighted by Gasteiger charge is -2.22. The molecule has 1 saturated heterocycles. The monoisotopic (exact) mass is 387 g/mol. The first kappa shape index (κ1) is 20.1. The van der Waals surface area contributed by atoms with Crippen molar-refractivity contribution in [2.24, 2.45) is 0 Å². The molecule has 1 aromatic carbocycles. The fourth-order valence-corrected chi connectivity index (χ4v) is 3.81. The van der Waals surface area contributed by atoms with Crippen LogP contribution >= 0.6 is 0 Å². The number of carbonyl (C=O) groups excluding carboxylic acids is 1. The van der Waals surface area contributed by atoms with E-state index < -0.39 is 0 Å². The largest absolute Gasteiger partial charge is 0.497 e. The zero-order valence-electron chi connectivity index (χ0n) is 16.3. The molecule has 2 heterocycles. The van der Waals surface area contributed by atoms with Crippen LogP contribution in [0.5, 0.6) is 11.5 Å². The maximum absolute atomic E-state index is 14.6. The number of ether oxygens (including phenoxy) is 3. The average molecular weight is 387 g/mol. The van der Waals surface area contributed by atoms with Gasteiger partial charge in [0.05, 0.1) is 13.7 Å². The van der Waals surface area contributed by atoms with Gasteiger partial charge in [-0.05, 0) is 43.0 Å². The molecule has 0 unspecified atom stereocenters. The van der Waals surface area contributed by atoms with Crippen LogP contribution in [0, 0.1) is 0 Å². The summed E-state index contributed by atoms with van der Waals surface area (Å²) in [4.78, 5) is 13.8. The van der Waals surface area contributed by atoms with Gasteiger partial charge < -0.3 is 14.2 Å². The highest BCUT2D eigenvalue weighted by Gasteiger charge is 2.34. The summed E-state index contributed by atoms with van der Waals surface area (Å²) in [5, 5.41) is 0. The zero-order chi connectivity index (χ0) is 20.1. The Kier molecular flexibility index (Phi) is 6.52. The van der Waals surface area contributed by atoms with Gasteiger partial charge in [-0.2, -0.15) is 0 Å². The van der Waals surface area contributed by atoms with Crippen molar-refractivity contribution in [2.45, 2.75) is 31.7 Å². The lowest BCUT2D eigenvalue weighted by molar-refractivity contribution is -0.118. The lowest BCUT2D eigenvalue weighted by Crippen LogP contribution is -2.33. The first-order chi connectivity index (χ1) is 13.5. The van der Waals surface area contributed by atoms with Crippen LogP contribution in [0.4, 0.5) is 4.39 Å². The molecule has 2 aliphatic rings. The number of halogens is 1. The molecular formula is C22H26FNO4. The number of benzene rings is 1. The summed E-state index contributed by atoms with van der Waals surface area (Å²) in [6.07, 6.45) is 5.53. The van der Waals surface area contributed by atoms with Gasteiger partial charge >= 0.3 is 0 Å². The van der Waals surface area contributed by atoms with Gasteiger partial charge in [0.25, 0.3) is 0 Å². The van der Waals surface area contributed by atoms with Crippen LogP contribution in [-0.4, -0.2) is 43.7 Å². The minimum atomic E-state index is -0.278. The molecule has 28 heavy (non-hydrogen) atoms. The predicted molar refractivity (Wildman–Crippen MR) is 105 cm³/mol. The Morgan fingerprint density at radius 1 is 1.39 bits per heavy atom. The number of Topliss-reactive ketones (excluding diaryl/α,β-unsaturated/α-hetero) is 1. The molecule has 0 aliphatic carbocycles. The van der Waals surface area contributed by atoms with E-state index in [4.69, 9.17) is 14.2 Å². The highest BCUT2D eigenvalue weighted by atomic mass is 19.1. The number of hydrogen-bond donors (Lipinski definition) is 0. The van der Waals surface area contributed by atoms with Crippen LogP contribution in [0.2, 0.25) is 0 Å². The van der Waals surface area contributed by atoms with Crippen molar-refractivity contribution in [3.8, 4) is 11.5 Å². The second-order valence-corrected chi connectivity index (χ2v) is 7.13. The summed E-state index contributed by atoms with van der Waals surface area (Å²) >= 11 is 0. The van der Waals surface area contributed by atoms with Crippen molar-refractivity contribution in [2.75, 3.05) is 27.0 Å². The summed E-state index contributed by atoms with van der Waals surface area (Å²) < 4.78 is 30.6. The van der Waals surface area contributed by atoms with Crippen molar-refractivity contribution < 1.29 is 23.4 Å².